The fourth-order valence-corrected chi connectivity index (χ4v) is 6.87. The number of nitrogens with two attached hydrogens (primary N) is 2. The molecule has 2 aliphatic heterocycles. The summed E-state index contributed by atoms with van der Waals surface area (Å²) < 4.78 is 32.3. The first-order chi connectivity index (χ1) is 20.1. The van der Waals surface area contributed by atoms with Gasteiger partial charge in [-0.1, -0.05) is 12.2 Å². The molecule has 0 spiro atoms. The molecule has 4 aromatic heterocycles. The number of ether oxygens (including phenoxy) is 2. The number of anilines is 2. The smallest absolute Gasteiger partial charge is 0.324 e. The third-order valence-corrected chi connectivity index (χ3v) is 9.08. The second kappa shape index (κ2) is 12.0. The molecule has 4 aromatic rings. The molecule has 6 rings (SSSR count). The zero-order valence-electron chi connectivity index (χ0n) is 21.5. The van der Waals surface area contributed by atoms with Crippen LogP contribution in [0, 0.1) is 0 Å². The van der Waals surface area contributed by atoms with Gasteiger partial charge in [-0.3, -0.25) is 18.9 Å². The number of fused-ring (bicyclic) bond motifs is 2. The predicted molar refractivity (Wildman–Crippen MR) is 155 cm³/mol. The second-order valence-corrected chi connectivity index (χ2v) is 14.1. The van der Waals surface area contributed by atoms with E-state index in [-0.39, 0.29) is 36.9 Å². The highest BCUT2D eigenvalue weighted by atomic mass is 32.7. The van der Waals surface area contributed by atoms with Crippen LogP contribution in [-0.4, -0.2) is 80.4 Å². The van der Waals surface area contributed by atoms with Crippen molar-refractivity contribution >= 4 is 72.4 Å². The van der Waals surface area contributed by atoms with Crippen LogP contribution < -0.4 is 17.0 Å². The highest BCUT2D eigenvalue weighted by Gasteiger charge is 2.42. The molecule has 0 aromatic carbocycles. The summed E-state index contributed by atoms with van der Waals surface area (Å²) in [6.45, 7) is -3.93. The lowest BCUT2D eigenvalue weighted by Gasteiger charge is -2.24. The van der Waals surface area contributed by atoms with E-state index in [4.69, 9.17) is 46.3 Å². The average molecular weight is 661 g/mol. The summed E-state index contributed by atoms with van der Waals surface area (Å²) in [6, 6.07) is 0. The summed E-state index contributed by atoms with van der Waals surface area (Å²) in [7, 11) is -1.97. The zero-order chi connectivity index (χ0) is 29.6. The number of nitrogen functional groups attached to an aromatic ring is 2. The van der Waals surface area contributed by atoms with Gasteiger partial charge < -0.3 is 44.3 Å². The maximum absolute atomic E-state index is 12.1. The Hall–Kier alpha value is -2.35. The van der Waals surface area contributed by atoms with Gasteiger partial charge in [-0.25, -0.2) is 19.9 Å². The Bertz CT molecular complexity index is 1700. The predicted octanol–water partition coefficient (Wildman–Crippen LogP) is 0.873. The van der Waals surface area contributed by atoms with Gasteiger partial charge in [0.05, 0.1) is 38.1 Å². The van der Waals surface area contributed by atoms with Crippen LogP contribution in [0.3, 0.4) is 0 Å². The van der Waals surface area contributed by atoms with Gasteiger partial charge in [0.25, 0.3) is 5.56 Å². The lowest BCUT2D eigenvalue weighted by atomic mass is 10.2. The highest BCUT2D eigenvalue weighted by molar-refractivity contribution is 8.41. The van der Waals surface area contributed by atoms with Crippen molar-refractivity contribution < 1.29 is 32.8 Å². The third-order valence-electron chi connectivity index (χ3n) is 6.77. The standard InChI is InChI=1S/C20H26N10O8P2S2/c21-16-14-17(24-6-23-16)30(7-25-14)13-3-10(11(37-13)5-34-39(32)41)38-40(33,42)35-4-9-1-2-12(36-9)29-8-26-15-18(29)27-20(22)28-19(15)31/h6-13,32,41H,1-5H2,(H,33,42)(H2,21,23,24)(H3,22,27,28,31)/t9?,10-,11?,12?,13?,39?,40?/m0/s1. The molecule has 7 atom stereocenters. The number of nitrogens with zero attached hydrogens (tertiary/aromatic N) is 7. The van der Waals surface area contributed by atoms with Gasteiger partial charge in [0.15, 0.2) is 22.6 Å². The van der Waals surface area contributed by atoms with E-state index >= 15 is 0 Å². The lowest BCUT2D eigenvalue weighted by Crippen LogP contribution is -2.28. The van der Waals surface area contributed by atoms with Crippen molar-refractivity contribution in [3.63, 3.8) is 0 Å². The minimum Gasteiger partial charge on any atom is -0.382 e. The van der Waals surface area contributed by atoms with Crippen molar-refractivity contribution in [2.45, 2.75) is 50.0 Å². The molecule has 0 saturated carbocycles. The number of rotatable bonds is 10. The van der Waals surface area contributed by atoms with E-state index in [1.54, 1.807) is 9.13 Å². The molecule has 0 amide bonds. The van der Waals surface area contributed by atoms with Gasteiger partial charge in [0.2, 0.25) is 13.5 Å². The molecular weight excluding hydrogens is 634 g/mol. The van der Waals surface area contributed by atoms with Gasteiger partial charge in [-0.2, -0.15) is 4.98 Å². The molecule has 6 heterocycles. The summed E-state index contributed by atoms with van der Waals surface area (Å²) in [5.41, 5.74) is 12.5. The number of nitrogens with one attached hydrogen (secondary N) is 1. The van der Waals surface area contributed by atoms with Crippen LogP contribution in [0.25, 0.3) is 22.3 Å². The number of imidazole rings is 2. The van der Waals surface area contributed by atoms with E-state index in [0.717, 1.165) is 0 Å². The summed E-state index contributed by atoms with van der Waals surface area (Å²) >= 11 is 9.21. The lowest BCUT2D eigenvalue weighted by molar-refractivity contribution is -0.0395. The first kappa shape index (κ1) is 29.7. The molecule has 22 heteroatoms. The molecule has 18 nitrogen and oxygen atoms in total. The van der Waals surface area contributed by atoms with Crippen LogP contribution in [0.4, 0.5) is 11.8 Å². The molecule has 0 radical (unpaired) electrons. The largest absolute Gasteiger partial charge is 0.382 e. The molecule has 226 valence electrons. The molecule has 7 N–H and O–H groups in total. The van der Waals surface area contributed by atoms with Crippen LogP contribution in [0.15, 0.2) is 23.8 Å². The minimum atomic E-state index is -3.79. The maximum atomic E-state index is 12.1. The summed E-state index contributed by atoms with van der Waals surface area (Å²) in [4.78, 5) is 55.7. The van der Waals surface area contributed by atoms with E-state index in [9.17, 15) is 14.6 Å². The second-order valence-electron chi connectivity index (χ2n) is 9.47. The van der Waals surface area contributed by atoms with E-state index in [1.165, 1.54) is 19.0 Å². The number of hydrogen-bond acceptors (Lipinski definition) is 16. The number of H-pyrrole nitrogens is 1. The molecule has 6 unspecified atom stereocenters. The molecule has 0 aliphatic carbocycles. The number of aromatic nitrogens is 8. The van der Waals surface area contributed by atoms with Crippen molar-refractivity contribution in [1.82, 2.24) is 39.0 Å². The zero-order valence-corrected chi connectivity index (χ0v) is 25.0. The summed E-state index contributed by atoms with van der Waals surface area (Å²) in [5, 5.41) is 0. The Balaban J connectivity index is 1.10. The maximum Gasteiger partial charge on any atom is 0.324 e. The van der Waals surface area contributed by atoms with Crippen LogP contribution in [0.5, 0.6) is 0 Å². The Labute approximate surface area is 248 Å². The van der Waals surface area contributed by atoms with Gasteiger partial charge in [-0.05, 0) is 24.6 Å². The quantitative estimate of drug-likeness (QED) is 0.102. The van der Waals surface area contributed by atoms with Gasteiger partial charge >= 0.3 is 6.72 Å². The Morgan fingerprint density at radius 1 is 1.12 bits per heavy atom. The first-order valence-corrected chi connectivity index (χ1v) is 17.5. The molecule has 0 bridgehead atoms. The van der Waals surface area contributed by atoms with E-state index in [0.29, 0.717) is 29.7 Å². The summed E-state index contributed by atoms with van der Waals surface area (Å²) in [5.74, 6) is 0.187. The topological polar surface area (TPSA) is 246 Å². The Kier molecular flexibility index (Phi) is 8.47. The molecule has 42 heavy (non-hydrogen) atoms. The van der Waals surface area contributed by atoms with Crippen molar-refractivity contribution in [2.24, 2.45) is 0 Å². The Morgan fingerprint density at radius 2 is 1.88 bits per heavy atom. The van der Waals surface area contributed by atoms with E-state index in [1.807, 2.05) is 0 Å². The number of hydrogen-bond donors (Lipinski definition) is 6. The summed E-state index contributed by atoms with van der Waals surface area (Å²) in [6.07, 6.45) is 2.64. The van der Waals surface area contributed by atoms with E-state index in [2.05, 4.69) is 42.2 Å². The molecule has 2 fully saturated rings. The van der Waals surface area contributed by atoms with Crippen LogP contribution in [0.2, 0.25) is 0 Å². The fraction of sp³-hybridized carbons (Fsp3) is 0.500. The van der Waals surface area contributed by atoms with Gasteiger partial charge in [0, 0.05) is 6.42 Å². The Morgan fingerprint density at radius 3 is 2.67 bits per heavy atom. The number of aromatic amines is 1. The van der Waals surface area contributed by atoms with Gasteiger partial charge in [-0.15, -0.1) is 0 Å². The third kappa shape index (κ3) is 6.15. The van der Waals surface area contributed by atoms with Gasteiger partial charge in [0.1, 0.15) is 30.4 Å². The molecular formula is C20H26N10O8P2S2. The van der Waals surface area contributed by atoms with E-state index < -0.39 is 50.6 Å². The fourth-order valence-electron chi connectivity index (χ4n) is 4.90. The first-order valence-electron chi connectivity index (χ1n) is 12.5. The SMILES string of the molecule is Nc1nc2c(ncn2C2CCC(COP(O)(=S)O[C@H]3CC(n4cnc5c(N)ncnc54)OC3COP(O)S)O2)c(=O)[nH]1. The number of thiol groups is 1. The highest BCUT2D eigenvalue weighted by Crippen LogP contribution is 2.50. The average Bonchev–Trinajstić information content (AvgIpc) is 3.71. The minimum absolute atomic E-state index is 0.0318. The van der Waals surface area contributed by atoms with Crippen LogP contribution >= 0.6 is 26.5 Å². The van der Waals surface area contributed by atoms with Crippen molar-refractivity contribution in [3.05, 3.63) is 29.3 Å². The van der Waals surface area contributed by atoms with Crippen LogP contribution in [-0.2, 0) is 34.9 Å². The van der Waals surface area contributed by atoms with Crippen molar-refractivity contribution in [1.29, 1.82) is 0 Å². The molecule has 2 saturated heterocycles. The van der Waals surface area contributed by atoms with Crippen LogP contribution in [0.1, 0.15) is 31.7 Å². The van der Waals surface area contributed by atoms with Crippen molar-refractivity contribution in [2.75, 3.05) is 24.7 Å². The van der Waals surface area contributed by atoms with Crippen molar-refractivity contribution in [3.8, 4) is 0 Å². The monoisotopic (exact) mass is 660 g/mol. The molecule has 2 aliphatic rings. The normalized spacial score (nSPS) is 26.7.